The van der Waals surface area contributed by atoms with Crippen LogP contribution in [0.4, 0.5) is 0 Å². The lowest BCUT2D eigenvalue weighted by Crippen LogP contribution is -2.51. The molecule has 4 heteroatoms. The molecule has 0 amide bonds. The topological polar surface area (TPSA) is 18.5 Å². The molecule has 86 valence electrons. The summed E-state index contributed by atoms with van der Waals surface area (Å²) in [4.78, 5) is 0. The monoisotopic (exact) mass is 234 g/mol. The smallest absolute Gasteiger partial charge is 0.321 e. The molecule has 2 nitrogen and oxygen atoms in total. The summed E-state index contributed by atoms with van der Waals surface area (Å²) >= 11 is 0. The molecule has 0 saturated heterocycles. The Morgan fingerprint density at radius 3 is 1.71 bits per heavy atom. The summed E-state index contributed by atoms with van der Waals surface area (Å²) in [5.74, 6) is 0. The van der Waals surface area contributed by atoms with Gasteiger partial charge in [-0.25, -0.2) is 0 Å². The third kappa shape index (κ3) is 4.25. The van der Waals surface area contributed by atoms with E-state index in [1.165, 1.54) is 0 Å². The van der Waals surface area contributed by atoms with E-state index in [9.17, 15) is 0 Å². The first-order valence-corrected chi connectivity index (χ1v) is 11.1. The maximum Gasteiger partial charge on any atom is 0.321 e. The van der Waals surface area contributed by atoms with Crippen molar-refractivity contribution in [1.29, 1.82) is 0 Å². The van der Waals surface area contributed by atoms with Crippen LogP contribution < -0.4 is 0 Å². The van der Waals surface area contributed by atoms with E-state index in [-0.39, 0.29) is 5.04 Å². The summed E-state index contributed by atoms with van der Waals surface area (Å²) in [7, 11) is -3.53. The lowest BCUT2D eigenvalue weighted by atomic mass is 10.2. The Bertz CT molecular complexity index is 183. The molecule has 0 rings (SSSR count). The molecule has 0 aliphatic heterocycles. The Balaban J connectivity index is 4.50. The van der Waals surface area contributed by atoms with Crippen LogP contribution in [0.5, 0.6) is 0 Å². The molecule has 0 aromatic carbocycles. The third-order valence-electron chi connectivity index (χ3n) is 2.80. The van der Waals surface area contributed by atoms with Gasteiger partial charge in [0.15, 0.2) is 8.32 Å². The molecule has 0 fully saturated rings. The van der Waals surface area contributed by atoms with Gasteiger partial charge in [-0.1, -0.05) is 20.8 Å². The molecule has 0 atom stereocenters. The predicted molar refractivity (Wildman–Crippen MR) is 67.4 cm³/mol. The van der Waals surface area contributed by atoms with Gasteiger partial charge in [0, 0.05) is 6.61 Å². The van der Waals surface area contributed by atoms with Crippen molar-refractivity contribution in [2.45, 2.75) is 58.9 Å². The summed E-state index contributed by atoms with van der Waals surface area (Å²) in [5, 5.41) is 0.272. The highest BCUT2D eigenvalue weighted by atomic mass is 28.4. The normalized spacial score (nSPS) is 14.6. The van der Waals surface area contributed by atoms with Gasteiger partial charge in [0.05, 0.1) is 0 Å². The van der Waals surface area contributed by atoms with Gasteiger partial charge >= 0.3 is 8.56 Å². The van der Waals surface area contributed by atoms with Crippen LogP contribution in [0.3, 0.4) is 0 Å². The van der Waals surface area contributed by atoms with Crippen LogP contribution >= 0.6 is 0 Å². The van der Waals surface area contributed by atoms with Crippen LogP contribution in [-0.4, -0.2) is 23.5 Å². The number of hydrogen-bond acceptors (Lipinski definition) is 2. The zero-order chi connectivity index (χ0) is 11.6. The maximum atomic E-state index is 6.29. The van der Waals surface area contributed by atoms with Crippen molar-refractivity contribution in [1.82, 2.24) is 0 Å². The lowest BCUT2D eigenvalue weighted by molar-refractivity contribution is 0.256. The standard InChI is InChI=1S/C10H26O2Si2/c1-9-11-14(7,8)12-13(5,6)10(2,3)4/h9H2,1-8H3. The van der Waals surface area contributed by atoms with Crippen LogP contribution in [0.15, 0.2) is 0 Å². The van der Waals surface area contributed by atoms with Gasteiger partial charge in [0.1, 0.15) is 0 Å². The second-order valence-electron chi connectivity index (χ2n) is 5.70. The number of hydrogen-bond donors (Lipinski definition) is 0. The van der Waals surface area contributed by atoms with E-state index in [4.69, 9.17) is 8.54 Å². The van der Waals surface area contributed by atoms with E-state index in [0.717, 1.165) is 6.61 Å². The molecule has 0 heterocycles. The van der Waals surface area contributed by atoms with Crippen molar-refractivity contribution in [3.05, 3.63) is 0 Å². The van der Waals surface area contributed by atoms with Crippen LogP contribution in [0, 0.1) is 0 Å². The zero-order valence-electron chi connectivity index (χ0n) is 11.0. The molecule has 0 aliphatic carbocycles. The second kappa shape index (κ2) is 4.47. The minimum Gasteiger partial charge on any atom is -0.436 e. The molecule has 0 saturated carbocycles. The Labute approximate surface area is 91.4 Å². The fraction of sp³-hybridized carbons (Fsp3) is 1.00. The summed E-state index contributed by atoms with van der Waals surface area (Å²) in [6.45, 7) is 18.4. The fourth-order valence-corrected chi connectivity index (χ4v) is 8.22. The van der Waals surface area contributed by atoms with Gasteiger partial charge in [-0.15, -0.1) is 0 Å². The first-order valence-electron chi connectivity index (χ1n) is 5.36. The van der Waals surface area contributed by atoms with Gasteiger partial charge in [-0.3, -0.25) is 0 Å². The van der Waals surface area contributed by atoms with Gasteiger partial charge < -0.3 is 8.54 Å². The fourth-order valence-electron chi connectivity index (χ4n) is 1.14. The van der Waals surface area contributed by atoms with Crippen molar-refractivity contribution in [3.8, 4) is 0 Å². The SMILES string of the molecule is CCO[Si](C)(C)O[Si](C)(C)C(C)(C)C. The van der Waals surface area contributed by atoms with E-state index >= 15 is 0 Å². The molecular weight excluding hydrogens is 208 g/mol. The maximum absolute atomic E-state index is 6.29. The largest absolute Gasteiger partial charge is 0.436 e. The van der Waals surface area contributed by atoms with E-state index in [0.29, 0.717) is 0 Å². The average Bonchev–Trinajstić information content (AvgIpc) is 1.80. The van der Waals surface area contributed by atoms with Crippen LogP contribution in [0.25, 0.3) is 0 Å². The molecule has 0 spiro atoms. The summed E-state index contributed by atoms with van der Waals surface area (Å²) in [6.07, 6.45) is 0. The minimum absolute atomic E-state index is 0.272. The van der Waals surface area contributed by atoms with Crippen LogP contribution in [0.2, 0.25) is 31.2 Å². The molecule has 0 N–H and O–H groups in total. The molecule has 0 aromatic heterocycles. The van der Waals surface area contributed by atoms with Gasteiger partial charge in [-0.05, 0) is 38.2 Å². The van der Waals surface area contributed by atoms with Crippen molar-refractivity contribution in [2.75, 3.05) is 6.61 Å². The first-order chi connectivity index (χ1) is 6.02. The number of rotatable bonds is 4. The van der Waals surface area contributed by atoms with Gasteiger partial charge in [0.2, 0.25) is 0 Å². The highest BCUT2D eigenvalue weighted by Gasteiger charge is 2.42. The Morgan fingerprint density at radius 1 is 1.00 bits per heavy atom. The van der Waals surface area contributed by atoms with E-state index in [1.807, 2.05) is 6.92 Å². The van der Waals surface area contributed by atoms with Crippen molar-refractivity contribution in [3.63, 3.8) is 0 Å². The second-order valence-corrected chi connectivity index (χ2v) is 14.1. The summed E-state index contributed by atoms with van der Waals surface area (Å²) < 4.78 is 12.0. The van der Waals surface area contributed by atoms with Gasteiger partial charge in [0.25, 0.3) is 0 Å². The Hall–Kier alpha value is 0.354. The molecule has 0 unspecified atom stereocenters. The summed E-state index contributed by atoms with van der Waals surface area (Å²) in [5.41, 5.74) is 0. The van der Waals surface area contributed by atoms with Crippen molar-refractivity contribution >= 4 is 16.9 Å². The summed E-state index contributed by atoms with van der Waals surface area (Å²) in [6, 6.07) is 0. The highest BCUT2D eigenvalue weighted by Crippen LogP contribution is 2.38. The van der Waals surface area contributed by atoms with Crippen LogP contribution in [0.1, 0.15) is 27.7 Å². The average molecular weight is 234 g/mol. The Kier molecular flexibility index (Phi) is 4.58. The molecule has 0 bridgehead atoms. The molecule has 14 heavy (non-hydrogen) atoms. The van der Waals surface area contributed by atoms with Crippen molar-refractivity contribution in [2.24, 2.45) is 0 Å². The third-order valence-corrected chi connectivity index (χ3v) is 11.4. The van der Waals surface area contributed by atoms with Crippen LogP contribution in [-0.2, 0) is 8.54 Å². The molecular formula is C10H26O2Si2. The zero-order valence-corrected chi connectivity index (χ0v) is 13.0. The minimum atomic E-state index is -1.89. The molecule has 0 aromatic rings. The van der Waals surface area contributed by atoms with E-state index in [1.54, 1.807) is 0 Å². The predicted octanol–water partition coefficient (Wildman–Crippen LogP) is 3.75. The Morgan fingerprint density at radius 2 is 1.43 bits per heavy atom. The quantitative estimate of drug-likeness (QED) is 0.690. The highest BCUT2D eigenvalue weighted by molar-refractivity contribution is 6.83. The first kappa shape index (κ1) is 14.4. The molecule has 0 radical (unpaired) electrons. The van der Waals surface area contributed by atoms with Gasteiger partial charge in [-0.2, -0.15) is 0 Å². The van der Waals surface area contributed by atoms with E-state index < -0.39 is 16.9 Å². The lowest BCUT2D eigenvalue weighted by Gasteiger charge is -2.41. The molecule has 0 aliphatic rings. The van der Waals surface area contributed by atoms with E-state index in [2.05, 4.69) is 47.0 Å². The van der Waals surface area contributed by atoms with Crippen molar-refractivity contribution < 1.29 is 8.54 Å².